The van der Waals surface area contributed by atoms with Crippen LogP contribution in [-0.2, 0) is 11.2 Å². The largest absolute Gasteiger partial charge is 0.490 e. The van der Waals surface area contributed by atoms with Gasteiger partial charge in [-0.05, 0) is 43.2 Å². The van der Waals surface area contributed by atoms with Crippen LogP contribution < -0.4 is 10.6 Å². The van der Waals surface area contributed by atoms with Gasteiger partial charge in [0.15, 0.2) is 0 Å². The molecule has 0 bridgehead atoms. The number of carbonyl (C=O) groups is 1. The number of aromatic nitrogens is 4. The first kappa shape index (κ1) is 25.6. The van der Waals surface area contributed by atoms with Gasteiger partial charge in [0.1, 0.15) is 5.01 Å². The standard InChI is InChI=1S/C19H19BrN6S.C2HF3O2/c1-12-15-10-14(6-7-17(15)24-23-12)18-25-26-19(27-18)22-11-21-9-8-13-4-2-3-5-16(13)20;3-2(4,5)1(6)7/h2-7,10,21H,8-9,11H2,1H3,(H,22,26)(H,23,24);(H,6,7). The first-order valence-electron chi connectivity index (χ1n) is 9.92. The average molecular weight is 557 g/mol. The summed E-state index contributed by atoms with van der Waals surface area (Å²) >= 11 is 5.13. The number of rotatable bonds is 7. The predicted molar refractivity (Wildman–Crippen MR) is 128 cm³/mol. The van der Waals surface area contributed by atoms with Gasteiger partial charge in [-0.15, -0.1) is 10.2 Å². The van der Waals surface area contributed by atoms with E-state index >= 15 is 0 Å². The molecule has 0 atom stereocenters. The summed E-state index contributed by atoms with van der Waals surface area (Å²) in [5.41, 5.74) is 4.38. The van der Waals surface area contributed by atoms with E-state index in [-0.39, 0.29) is 0 Å². The van der Waals surface area contributed by atoms with Crippen LogP contribution in [0.5, 0.6) is 0 Å². The van der Waals surface area contributed by atoms with Crippen LogP contribution in [0.15, 0.2) is 46.9 Å². The van der Waals surface area contributed by atoms with Crippen LogP contribution in [0.1, 0.15) is 11.3 Å². The number of hydrogen-bond acceptors (Lipinski definition) is 7. The highest BCUT2D eigenvalue weighted by molar-refractivity contribution is 9.10. The highest BCUT2D eigenvalue weighted by atomic mass is 79.9. The third-order valence-electron chi connectivity index (χ3n) is 4.55. The zero-order chi connectivity index (χ0) is 24.7. The summed E-state index contributed by atoms with van der Waals surface area (Å²) in [5.74, 6) is -2.76. The number of H-pyrrole nitrogens is 1. The monoisotopic (exact) mass is 556 g/mol. The van der Waals surface area contributed by atoms with E-state index in [1.165, 1.54) is 5.56 Å². The van der Waals surface area contributed by atoms with E-state index in [1.807, 2.05) is 25.1 Å². The van der Waals surface area contributed by atoms with Crippen molar-refractivity contribution >= 4 is 49.3 Å². The Morgan fingerprint density at radius 2 is 1.94 bits per heavy atom. The first-order chi connectivity index (χ1) is 16.1. The van der Waals surface area contributed by atoms with Crippen LogP contribution in [0.4, 0.5) is 18.3 Å². The van der Waals surface area contributed by atoms with E-state index in [0.29, 0.717) is 6.67 Å². The summed E-state index contributed by atoms with van der Waals surface area (Å²) in [4.78, 5) is 8.90. The molecule has 0 aliphatic carbocycles. The Morgan fingerprint density at radius 1 is 1.21 bits per heavy atom. The third kappa shape index (κ3) is 6.98. The van der Waals surface area contributed by atoms with Gasteiger partial charge >= 0.3 is 12.1 Å². The second kappa shape index (κ2) is 11.4. The quantitative estimate of drug-likeness (QED) is 0.187. The van der Waals surface area contributed by atoms with Gasteiger partial charge in [-0.1, -0.05) is 45.5 Å². The van der Waals surface area contributed by atoms with Crippen molar-refractivity contribution in [2.24, 2.45) is 0 Å². The van der Waals surface area contributed by atoms with E-state index in [9.17, 15) is 13.2 Å². The van der Waals surface area contributed by atoms with E-state index in [2.05, 4.69) is 71.2 Å². The Bertz CT molecular complexity index is 1260. The van der Waals surface area contributed by atoms with E-state index in [0.717, 1.165) is 49.7 Å². The Labute approximate surface area is 204 Å². The molecule has 2 aromatic heterocycles. The van der Waals surface area contributed by atoms with Gasteiger partial charge in [0.05, 0.1) is 12.2 Å². The number of benzene rings is 2. The number of anilines is 1. The van der Waals surface area contributed by atoms with Crippen molar-refractivity contribution < 1.29 is 23.1 Å². The number of aliphatic carboxylic acids is 1. The molecule has 4 rings (SSSR count). The molecule has 2 heterocycles. The van der Waals surface area contributed by atoms with Crippen molar-refractivity contribution in [1.29, 1.82) is 0 Å². The summed E-state index contributed by atoms with van der Waals surface area (Å²) < 4.78 is 32.9. The molecule has 13 heteroatoms. The molecule has 4 aromatic rings. The van der Waals surface area contributed by atoms with Crippen molar-refractivity contribution in [2.45, 2.75) is 19.5 Å². The first-order valence-corrected chi connectivity index (χ1v) is 11.5. The van der Waals surface area contributed by atoms with Gasteiger partial charge in [0.25, 0.3) is 0 Å². The van der Waals surface area contributed by atoms with Crippen molar-refractivity contribution in [3.63, 3.8) is 0 Å². The van der Waals surface area contributed by atoms with Crippen LogP contribution in [0.3, 0.4) is 0 Å². The maximum Gasteiger partial charge on any atom is 0.490 e. The molecule has 0 spiro atoms. The fourth-order valence-electron chi connectivity index (χ4n) is 2.83. The number of carboxylic acids is 1. The van der Waals surface area contributed by atoms with Crippen LogP contribution in [0, 0.1) is 6.92 Å². The topological polar surface area (TPSA) is 116 Å². The number of nitrogens with zero attached hydrogens (tertiary/aromatic N) is 3. The van der Waals surface area contributed by atoms with E-state index in [1.54, 1.807) is 11.3 Å². The molecule has 4 N–H and O–H groups in total. The molecule has 34 heavy (non-hydrogen) atoms. The SMILES string of the molecule is Cc1[nH]nc2ccc(-c3nnc(NCNCCc4ccccc4Br)s3)cc12.O=C(O)C(F)(F)F. The fourth-order valence-corrected chi connectivity index (χ4v) is 4.05. The zero-order valence-corrected chi connectivity index (χ0v) is 20.2. The lowest BCUT2D eigenvalue weighted by Gasteiger charge is -2.06. The molecular formula is C21H20BrF3N6O2S. The third-order valence-corrected chi connectivity index (χ3v) is 6.26. The van der Waals surface area contributed by atoms with Gasteiger partial charge in [0, 0.05) is 27.7 Å². The Balaban J connectivity index is 0.000000406. The molecule has 0 radical (unpaired) electrons. The number of nitrogens with one attached hydrogen (secondary N) is 3. The lowest BCUT2D eigenvalue weighted by molar-refractivity contribution is -0.192. The maximum absolute atomic E-state index is 10.6. The molecule has 0 aliphatic heterocycles. The van der Waals surface area contributed by atoms with Crippen LogP contribution in [0.25, 0.3) is 21.5 Å². The Kier molecular flexibility index (Phi) is 8.58. The number of fused-ring (bicyclic) bond motifs is 1. The molecule has 8 nitrogen and oxygen atoms in total. The normalized spacial score (nSPS) is 11.2. The minimum atomic E-state index is -5.08. The minimum Gasteiger partial charge on any atom is -0.475 e. The molecule has 0 saturated carbocycles. The Morgan fingerprint density at radius 3 is 2.65 bits per heavy atom. The van der Waals surface area contributed by atoms with Crippen molar-refractivity contribution in [3.8, 4) is 10.6 Å². The molecule has 2 aromatic carbocycles. The van der Waals surface area contributed by atoms with Gasteiger partial charge in [0.2, 0.25) is 5.13 Å². The molecule has 0 fully saturated rings. The minimum absolute atomic E-state index is 0.652. The zero-order valence-electron chi connectivity index (χ0n) is 17.8. The number of hydrogen-bond donors (Lipinski definition) is 4. The van der Waals surface area contributed by atoms with E-state index < -0.39 is 12.1 Å². The van der Waals surface area contributed by atoms with Crippen molar-refractivity contribution in [3.05, 3.63) is 58.2 Å². The predicted octanol–water partition coefficient (Wildman–Crippen LogP) is 4.99. The summed E-state index contributed by atoms with van der Waals surface area (Å²) in [6.45, 7) is 3.56. The van der Waals surface area contributed by atoms with Gasteiger partial charge in [-0.2, -0.15) is 18.3 Å². The molecule has 0 saturated heterocycles. The highest BCUT2D eigenvalue weighted by Crippen LogP contribution is 2.29. The summed E-state index contributed by atoms with van der Waals surface area (Å²) in [6, 6.07) is 14.4. The second-order valence-electron chi connectivity index (χ2n) is 6.99. The van der Waals surface area contributed by atoms with E-state index in [4.69, 9.17) is 9.90 Å². The summed E-state index contributed by atoms with van der Waals surface area (Å²) in [5, 5.41) is 32.4. The maximum atomic E-state index is 10.6. The summed E-state index contributed by atoms with van der Waals surface area (Å²) in [7, 11) is 0. The average Bonchev–Trinajstić information content (AvgIpc) is 3.41. The second-order valence-corrected chi connectivity index (χ2v) is 8.82. The smallest absolute Gasteiger partial charge is 0.475 e. The number of halogens is 4. The Hall–Kier alpha value is -3.03. The fraction of sp³-hybridized carbons (Fsp3) is 0.238. The number of carboxylic acid groups (broad SMARTS) is 1. The molecule has 0 unspecified atom stereocenters. The lowest BCUT2D eigenvalue weighted by atomic mass is 10.1. The van der Waals surface area contributed by atoms with Crippen LogP contribution in [0.2, 0.25) is 0 Å². The van der Waals surface area contributed by atoms with Crippen molar-refractivity contribution in [2.75, 3.05) is 18.5 Å². The highest BCUT2D eigenvalue weighted by Gasteiger charge is 2.38. The lowest BCUT2D eigenvalue weighted by Crippen LogP contribution is -2.24. The van der Waals surface area contributed by atoms with Crippen LogP contribution >= 0.6 is 27.3 Å². The number of aryl methyl sites for hydroxylation is 1. The molecule has 180 valence electrons. The molecule has 0 aliphatic rings. The van der Waals surface area contributed by atoms with Crippen molar-refractivity contribution in [1.82, 2.24) is 25.7 Å². The molecule has 0 amide bonds. The number of aromatic amines is 1. The van der Waals surface area contributed by atoms with Crippen LogP contribution in [-0.4, -0.2) is 50.9 Å². The van der Waals surface area contributed by atoms with Gasteiger partial charge in [-0.3, -0.25) is 10.4 Å². The van der Waals surface area contributed by atoms with Gasteiger partial charge in [-0.25, -0.2) is 4.79 Å². The molecular weight excluding hydrogens is 537 g/mol. The van der Waals surface area contributed by atoms with Gasteiger partial charge < -0.3 is 10.4 Å². The summed E-state index contributed by atoms with van der Waals surface area (Å²) in [6.07, 6.45) is -4.12. The number of alkyl halides is 3.